The third kappa shape index (κ3) is 86.9. The molecule has 0 amide bonds. The summed E-state index contributed by atoms with van der Waals surface area (Å²) in [6.45, 7) is 0. The minimum absolute atomic E-state index is 0. The molecule has 0 aromatic rings. The van der Waals surface area contributed by atoms with Crippen molar-refractivity contribution in [2.24, 2.45) is 0 Å². The summed E-state index contributed by atoms with van der Waals surface area (Å²) < 4.78 is 25.5. The van der Waals surface area contributed by atoms with E-state index in [2.05, 4.69) is 11.7 Å². The monoisotopic (exact) mass is 180 g/mol. The molecule has 0 rings (SSSR count). The van der Waals surface area contributed by atoms with Gasteiger partial charge in [-0.2, -0.15) is 8.42 Å². The fraction of sp³-hybridized carbons (Fsp3) is 0. The van der Waals surface area contributed by atoms with Crippen molar-refractivity contribution in [2.45, 2.75) is 0 Å². The molecule has 0 fully saturated rings. The summed E-state index contributed by atoms with van der Waals surface area (Å²) in [5, 5.41) is 0. The average molecular weight is 180 g/mol. The van der Waals surface area contributed by atoms with Gasteiger partial charge in [0.25, 0.3) is 0 Å². The second-order valence-corrected chi connectivity index (χ2v) is 2.73. The van der Waals surface area contributed by atoms with Gasteiger partial charge in [-0.15, -0.1) is 0 Å². The normalized spacial score (nSPS) is 7.25. The second-order valence-electron chi connectivity index (χ2n) is 0.448. The summed E-state index contributed by atoms with van der Waals surface area (Å²) in [6, 6.07) is 0. The van der Waals surface area contributed by atoms with Crippen LogP contribution in [0.5, 0.6) is 0 Å². The van der Waals surface area contributed by atoms with Gasteiger partial charge in [0.15, 0.2) is 0 Å². The van der Waals surface area contributed by atoms with Crippen LogP contribution >= 0.6 is 11.7 Å². The Morgan fingerprint density at radius 1 is 1.25 bits per heavy atom. The molecule has 0 unspecified atom stereocenters. The van der Waals surface area contributed by atoms with E-state index in [0.717, 1.165) is 0 Å². The van der Waals surface area contributed by atoms with Gasteiger partial charge in [-0.3, -0.25) is 4.55 Å². The van der Waals surface area contributed by atoms with E-state index in [1.165, 1.54) is 0 Å². The van der Waals surface area contributed by atoms with Gasteiger partial charge < -0.3 is 5.48 Å². The van der Waals surface area contributed by atoms with E-state index in [4.69, 9.17) is 13.0 Å². The molecule has 0 bridgehead atoms. The molecule has 0 saturated carbocycles. The van der Waals surface area contributed by atoms with Gasteiger partial charge in [-0.1, -0.05) is 0 Å². The van der Waals surface area contributed by atoms with Gasteiger partial charge in [0, 0.05) is 0 Å². The predicted molar refractivity (Wildman–Crippen MR) is 38.4 cm³/mol. The Hall–Kier alpha value is 2.22. The van der Waals surface area contributed by atoms with Gasteiger partial charge >= 0.3 is 68.3 Å². The van der Waals surface area contributed by atoms with Gasteiger partial charge in [0.1, 0.15) is 0 Å². The SMILES string of the molecule is O.O=S(=O)(O)S.[NaH].[NaH]. The molecule has 0 aliphatic carbocycles. The van der Waals surface area contributed by atoms with Crippen LogP contribution in [-0.4, -0.2) is 77.6 Å². The van der Waals surface area contributed by atoms with E-state index >= 15 is 0 Å². The van der Waals surface area contributed by atoms with E-state index in [0.29, 0.717) is 0 Å². The zero-order valence-electron chi connectivity index (χ0n) is 2.62. The topological polar surface area (TPSA) is 85.9 Å². The molecular formula is H6Na2O4S2. The second kappa shape index (κ2) is 9.22. The van der Waals surface area contributed by atoms with E-state index in [-0.39, 0.29) is 64.6 Å². The fourth-order valence-corrected chi connectivity index (χ4v) is 0. The first-order valence-corrected chi connectivity index (χ1v) is 3.19. The van der Waals surface area contributed by atoms with Crippen molar-refractivity contribution in [3.05, 3.63) is 0 Å². The fourth-order valence-electron chi connectivity index (χ4n) is 0. The first-order valence-electron chi connectivity index (χ1n) is 0.698. The zero-order valence-corrected chi connectivity index (χ0v) is 4.33. The van der Waals surface area contributed by atoms with E-state index < -0.39 is 9.15 Å². The Bertz CT molecular complexity index is 95.2. The molecule has 8 heteroatoms. The maximum absolute atomic E-state index is 9.05. The van der Waals surface area contributed by atoms with E-state index in [1.807, 2.05) is 0 Å². The zero-order chi connectivity index (χ0) is 4.50. The maximum atomic E-state index is 9.05. The summed E-state index contributed by atoms with van der Waals surface area (Å²) in [4.78, 5) is 0. The molecule has 0 aliphatic heterocycles. The van der Waals surface area contributed by atoms with Crippen molar-refractivity contribution in [2.75, 3.05) is 0 Å². The summed E-state index contributed by atoms with van der Waals surface area (Å²) in [7, 11) is -3.97. The van der Waals surface area contributed by atoms with Crippen LogP contribution < -0.4 is 0 Å². The molecule has 0 atom stereocenters. The summed E-state index contributed by atoms with van der Waals surface area (Å²) >= 11 is 2.65. The van der Waals surface area contributed by atoms with Crippen molar-refractivity contribution in [1.29, 1.82) is 0 Å². The minimum atomic E-state index is -3.97. The van der Waals surface area contributed by atoms with Crippen LogP contribution in [0.3, 0.4) is 0 Å². The molecule has 0 aliphatic rings. The third-order valence-electron chi connectivity index (χ3n) is 0. The van der Waals surface area contributed by atoms with Gasteiger partial charge in [-0.05, 0) is 11.7 Å². The molecule has 3 N–H and O–H groups in total. The molecule has 0 radical (unpaired) electrons. The molecule has 0 aromatic heterocycles. The van der Waals surface area contributed by atoms with Crippen LogP contribution in [0.1, 0.15) is 0 Å². The first kappa shape index (κ1) is 22.5. The number of thiol groups is 1. The van der Waals surface area contributed by atoms with Crippen molar-refractivity contribution >= 4 is 79.9 Å². The van der Waals surface area contributed by atoms with Gasteiger partial charge in [-0.25, -0.2) is 0 Å². The first-order chi connectivity index (χ1) is 2.00. The van der Waals surface area contributed by atoms with Crippen LogP contribution in [0, 0.1) is 0 Å². The quantitative estimate of drug-likeness (QED) is 0.188. The Kier molecular flexibility index (Phi) is 25.9. The van der Waals surface area contributed by atoms with E-state index in [9.17, 15) is 0 Å². The van der Waals surface area contributed by atoms with Crippen molar-refractivity contribution in [1.82, 2.24) is 0 Å². The summed E-state index contributed by atoms with van der Waals surface area (Å²) in [6.07, 6.45) is 0. The third-order valence-corrected chi connectivity index (χ3v) is 0. The van der Waals surface area contributed by atoms with Gasteiger partial charge in [0.2, 0.25) is 0 Å². The van der Waals surface area contributed by atoms with Crippen LogP contribution in [0.15, 0.2) is 0 Å². The number of hydrogen-bond donors (Lipinski definition) is 2. The molecule has 0 spiro atoms. The Morgan fingerprint density at radius 3 is 1.25 bits per heavy atom. The Morgan fingerprint density at radius 2 is 1.25 bits per heavy atom. The standard InChI is InChI=1S/2Na.H2O3S2.H2O.2H/c;;1-5(2,3)4;;;/h;;(H2,1,2,3,4);1H2;;. The van der Waals surface area contributed by atoms with Crippen LogP contribution in [0.2, 0.25) is 0 Å². The van der Waals surface area contributed by atoms with E-state index in [1.54, 1.807) is 0 Å². The van der Waals surface area contributed by atoms with Crippen LogP contribution in [0.25, 0.3) is 0 Å². The van der Waals surface area contributed by atoms with Crippen LogP contribution in [-0.2, 0) is 9.15 Å². The molecular weight excluding hydrogens is 174 g/mol. The van der Waals surface area contributed by atoms with Crippen molar-refractivity contribution < 1.29 is 18.4 Å². The molecule has 0 heterocycles. The van der Waals surface area contributed by atoms with Crippen molar-refractivity contribution in [3.8, 4) is 0 Å². The Labute approximate surface area is 96.9 Å². The molecule has 8 heavy (non-hydrogen) atoms. The molecule has 0 aromatic carbocycles. The predicted octanol–water partition coefficient (Wildman–Crippen LogP) is -2.40. The average Bonchev–Trinajstić information content (AvgIpc) is 0.722. The molecule has 4 nitrogen and oxygen atoms in total. The molecule has 0 saturated heterocycles. The Balaban J connectivity index is -0.0000000267. The number of rotatable bonds is 0. The molecule has 44 valence electrons. The summed E-state index contributed by atoms with van der Waals surface area (Å²) in [5.74, 6) is 0. The number of hydrogen-bond acceptors (Lipinski definition) is 2. The van der Waals surface area contributed by atoms with Crippen molar-refractivity contribution in [3.63, 3.8) is 0 Å². The van der Waals surface area contributed by atoms with Gasteiger partial charge in [0.05, 0.1) is 0 Å². The summed E-state index contributed by atoms with van der Waals surface area (Å²) in [5.41, 5.74) is 0. The van der Waals surface area contributed by atoms with Crippen LogP contribution in [0.4, 0.5) is 0 Å².